The Bertz CT molecular complexity index is 373. The van der Waals surface area contributed by atoms with Crippen molar-refractivity contribution in [2.24, 2.45) is 0 Å². The topological polar surface area (TPSA) is 81.0 Å². The summed E-state index contributed by atoms with van der Waals surface area (Å²) in [6, 6.07) is 1.94. The Labute approximate surface area is 80.8 Å². The molecule has 0 bridgehead atoms. The number of nitrogens with zero attached hydrogens (tertiary/aromatic N) is 1. The molecule has 0 spiro atoms. The van der Waals surface area contributed by atoms with Gasteiger partial charge in [-0.2, -0.15) is 0 Å². The standard InChI is InChI=1S/C9H11NO4/c1-10(2)9(14)5-3-7(12)8(13)4-6(5)11/h3-4,11-13H,1-2H3. The number of phenolic OH excluding ortho intramolecular Hbond substituents is 3. The van der Waals surface area contributed by atoms with Crippen molar-refractivity contribution in [3.05, 3.63) is 17.7 Å². The van der Waals surface area contributed by atoms with Crippen molar-refractivity contribution in [2.45, 2.75) is 0 Å². The molecular weight excluding hydrogens is 186 g/mol. The van der Waals surface area contributed by atoms with E-state index in [1.807, 2.05) is 0 Å². The summed E-state index contributed by atoms with van der Waals surface area (Å²) in [5, 5.41) is 27.4. The number of carbonyl (C=O) groups excluding carboxylic acids is 1. The largest absolute Gasteiger partial charge is 0.507 e. The monoisotopic (exact) mass is 197 g/mol. The molecule has 76 valence electrons. The third-order valence-electron chi connectivity index (χ3n) is 1.73. The summed E-state index contributed by atoms with van der Waals surface area (Å²) in [6.45, 7) is 0. The zero-order valence-corrected chi connectivity index (χ0v) is 7.85. The summed E-state index contributed by atoms with van der Waals surface area (Å²) in [5.74, 6) is -1.71. The van der Waals surface area contributed by atoms with Gasteiger partial charge < -0.3 is 20.2 Å². The normalized spacial score (nSPS) is 9.86. The lowest BCUT2D eigenvalue weighted by atomic mass is 10.1. The maximum absolute atomic E-state index is 11.4. The van der Waals surface area contributed by atoms with Crippen molar-refractivity contribution in [2.75, 3.05) is 14.1 Å². The molecule has 5 nitrogen and oxygen atoms in total. The second-order valence-electron chi connectivity index (χ2n) is 3.06. The Hall–Kier alpha value is -1.91. The van der Waals surface area contributed by atoms with Crippen LogP contribution in [-0.2, 0) is 0 Å². The molecule has 5 heteroatoms. The predicted molar refractivity (Wildman–Crippen MR) is 49.5 cm³/mol. The minimum absolute atomic E-state index is 0.0506. The van der Waals surface area contributed by atoms with E-state index in [9.17, 15) is 9.90 Å². The average Bonchev–Trinajstić information content (AvgIpc) is 2.10. The van der Waals surface area contributed by atoms with Gasteiger partial charge in [-0.15, -0.1) is 0 Å². The summed E-state index contributed by atoms with van der Waals surface area (Å²) in [4.78, 5) is 12.7. The molecule has 0 unspecified atom stereocenters. The van der Waals surface area contributed by atoms with Gasteiger partial charge in [0.25, 0.3) is 5.91 Å². The van der Waals surface area contributed by atoms with E-state index in [0.29, 0.717) is 0 Å². The molecule has 0 saturated heterocycles. The number of hydrogen-bond donors (Lipinski definition) is 3. The number of rotatable bonds is 1. The van der Waals surface area contributed by atoms with Crippen molar-refractivity contribution >= 4 is 5.91 Å². The van der Waals surface area contributed by atoms with Gasteiger partial charge >= 0.3 is 0 Å². The highest BCUT2D eigenvalue weighted by Gasteiger charge is 2.16. The molecule has 0 aliphatic rings. The van der Waals surface area contributed by atoms with Gasteiger partial charge in [-0.05, 0) is 0 Å². The highest BCUT2D eigenvalue weighted by molar-refractivity contribution is 5.97. The average molecular weight is 197 g/mol. The zero-order valence-electron chi connectivity index (χ0n) is 7.85. The molecule has 0 aliphatic heterocycles. The molecule has 1 rings (SSSR count). The van der Waals surface area contributed by atoms with Crippen LogP contribution in [-0.4, -0.2) is 40.2 Å². The SMILES string of the molecule is CN(C)C(=O)c1cc(O)c(O)cc1O. The fourth-order valence-electron chi connectivity index (χ4n) is 0.978. The predicted octanol–water partition coefficient (Wildman–Crippen LogP) is 0.505. The number of carbonyl (C=O) groups is 1. The van der Waals surface area contributed by atoms with E-state index in [1.165, 1.54) is 19.0 Å². The molecule has 14 heavy (non-hydrogen) atoms. The van der Waals surface area contributed by atoms with Gasteiger partial charge in [0, 0.05) is 26.2 Å². The summed E-state index contributed by atoms with van der Waals surface area (Å²) in [5.41, 5.74) is -0.0506. The first-order valence-corrected chi connectivity index (χ1v) is 3.90. The minimum atomic E-state index is -0.460. The molecule has 0 fully saturated rings. The number of hydrogen-bond acceptors (Lipinski definition) is 4. The van der Waals surface area contributed by atoms with Crippen molar-refractivity contribution in [1.29, 1.82) is 0 Å². The van der Waals surface area contributed by atoms with E-state index in [4.69, 9.17) is 10.2 Å². The fraction of sp³-hybridized carbons (Fsp3) is 0.222. The Morgan fingerprint density at radius 2 is 1.57 bits per heavy atom. The lowest BCUT2D eigenvalue weighted by Gasteiger charge is -2.11. The van der Waals surface area contributed by atoms with E-state index < -0.39 is 17.4 Å². The first-order chi connectivity index (χ1) is 6.43. The lowest BCUT2D eigenvalue weighted by Crippen LogP contribution is -2.21. The number of phenols is 3. The van der Waals surface area contributed by atoms with Crippen LogP contribution >= 0.6 is 0 Å². The Balaban J connectivity index is 3.22. The maximum atomic E-state index is 11.4. The van der Waals surface area contributed by atoms with Crippen LogP contribution in [0.25, 0.3) is 0 Å². The Morgan fingerprint density at radius 1 is 1.07 bits per heavy atom. The van der Waals surface area contributed by atoms with Crippen LogP contribution < -0.4 is 0 Å². The summed E-state index contributed by atoms with van der Waals surface area (Å²) >= 11 is 0. The van der Waals surface area contributed by atoms with Crippen LogP contribution in [0.3, 0.4) is 0 Å². The van der Waals surface area contributed by atoms with E-state index in [-0.39, 0.29) is 11.3 Å². The van der Waals surface area contributed by atoms with Crippen molar-refractivity contribution < 1.29 is 20.1 Å². The fourth-order valence-corrected chi connectivity index (χ4v) is 0.978. The maximum Gasteiger partial charge on any atom is 0.257 e. The van der Waals surface area contributed by atoms with Crippen molar-refractivity contribution in [1.82, 2.24) is 4.90 Å². The van der Waals surface area contributed by atoms with Gasteiger partial charge in [0.2, 0.25) is 0 Å². The van der Waals surface area contributed by atoms with Crippen LogP contribution in [0.4, 0.5) is 0 Å². The van der Waals surface area contributed by atoms with E-state index >= 15 is 0 Å². The first-order valence-electron chi connectivity index (χ1n) is 3.90. The molecule has 1 amide bonds. The van der Waals surface area contributed by atoms with Gasteiger partial charge in [0.15, 0.2) is 11.5 Å². The molecule has 1 aromatic rings. The van der Waals surface area contributed by atoms with E-state index in [0.717, 1.165) is 12.1 Å². The summed E-state index contributed by atoms with van der Waals surface area (Å²) in [6.07, 6.45) is 0. The highest BCUT2D eigenvalue weighted by atomic mass is 16.3. The minimum Gasteiger partial charge on any atom is -0.507 e. The van der Waals surface area contributed by atoms with Crippen molar-refractivity contribution in [3.8, 4) is 17.2 Å². The third-order valence-corrected chi connectivity index (χ3v) is 1.73. The Morgan fingerprint density at radius 3 is 2.07 bits per heavy atom. The second kappa shape index (κ2) is 3.45. The molecule has 1 aromatic carbocycles. The van der Waals surface area contributed by atoms with Gasteiger partial charge in [0.05, 0.1) is 5.56 Å². The zero-order chi connectivity index (χ0) is 10.9. The molecule has 0 aliphatic carbocycles. The van der Waals surface area contributed by atoms with Gasteiger partial charge in [0.1, 0.15) is 5.75 Å². The third kappa shape index (κ3) is 1.71. The number of benzene rings is 1. The van der Waals surface area contributed by atoms with Crippen LogP contribution in [0.15, 0.2) is 12.1 Å². The smallest absolute Gasteiger partial charge is 0.257 e. The second-order valence-corrected chi connectivity index (χ2v) is 3.06. The first kappa shape index (κ1) is 10.2. The number of aromatic hydroxyl groups is 3. The van der Waals surface area contributed by atoms with Gasteiger partial charge in [-0.1, -0.05) is 0 Å². The van der Waals surface area contributed by atoms with Crippen LogP contribution in [0, 0.1) is 0 Å². The molecule has 0 heterocycles. The quantitative estimate of drug-likeness (QED) is 0.452. The Kier molecular flexibility index (Phi) is 2.51. The van der Waals surface area contributed by atoms with E-state index in [2.05, 4.69) is 0 Å². The molecule has 0 atom stereocenters. The number of amides is 1. The molecule has 0 aromatic heterocycles. The summed E-state index contributed by atoms with van der Waals surface area (Å²) < 4.78 is 0. The highest BCUT2D eigenvalue weighted by Crippen LogP contribution is 2.32. The van der Waals surface area contributed by atoms with Crippen molar-refractivity contribution in [3.63, 3.8) is 0 Å². The van der Waals surface area contributed by atoms with Crippen LogP contribution in [0.2, 0.25) is 0 Å². The van der Waals surface area contributed by atoms with Crippen LogP contribution in [0.5, 0.6) is 17.2 Å². The summed E-state index contributed by atoms with van der Waals surface area (Å²) in [7, 11) is 3.04. The van der Waals surface area contributed by atoms with E-state index in [1.54, 1.807) is 0 Å². The van der Waals surface area contributed by atoms with Gasteiger partial charge in [-0.3, -0.25) is 4.79 Å². The molecule has 3 N–H and O–H groups in total. The molecular formula is C9H11NO4. The molecule has 0 radical (unpaired) electrons. The van der Waals surface area contributed by atoms with Gasteiger partial charge in [-0.25, -0.2) is 0 Å². The van der Waals surface area contributed by atoms with Crippen LogP contribution in [0.1, 0.15) is 10.4 Å². The molecule has 0 saturated carbocycles. The lowest BCUT2D eigenvalue weighted by molar-refractivity contribution is 0.0824.